The van der Waals surface area contributed by atoms with Gasteiger partial charge < -0.3 is 15.0 Å². The summed E-state index contributed by atoms with van der Waals surface area (Å²) >= 11 is 0. The number of anilines is 3. The summed E-state index contributed by atoms with van der Waals surface area (Å²) in [6.45, 7) is 2.89. The van der Waals surface area contributed by atoms with Gasteiger partial charge in [0.2, 0.25) is 0 Å². The molecule has 11 heteroatoms. The first-order chi connectivity index (χ1) is 17.9. The maximum Gasteiger partial charge on any atom is 0.417 e. The average Bonchev–Trinajstić information content (AvgIpc) is 3.04. The van der Waals surface area contributed by atoms with Crippen LogP contribution in [0.25, 0.3) is 0 Å². The quantitative estimate of drug-likeness (QED) is 0.305. The topological polar surface area (TPSA) is 85.7 Å². The van der Waals surface area contributed by atoms with Crippen LogP contribution in [0.5, 0.6) is 5.75 Å². The Bertz CT molecular complexity index is 1450. The van der Waals surface area contributed by atoms with Crippen molar-refractivity contribution in [2.75, 3.05) is 17.3 Å². The monoisotopic (exact) mass is 526 g/mol. The standard InChI is InChI=1S/C27H22F4N4O3/c1-26(2)24(36)35(20-9-4-16(14-32)22(13-20)27(29,30)31)25(37)34(26)15-17-12-21(38-3)10-11-23(17)33-19-7-5-18(28)6-8-19/h4-13,33H,15H2,1-3H3. The molecule has 0 atom stereocenters. The van der Waals surface area contributed by atoms with Crippen LogP contribution in [0.3, 0.4) is 0 Å². The van der Waals surface area contributed by atoms with Crippen molar-refractivity contribution in [2.45, 2.75) is 32.1 Å². The molecule has 7 nitrogen and oxygen atoms in total. The van der Waals surface area contributed by atoms with Crippen LogP contribution in [0, 0.1) is 17.1 Å². The summed E-state index contributed by atoms with van der Waals surface area (Å²) in [5.41, 5.74) is -1.92. The molecule has 38 heavy (non-hydrogen) atoms. The Morgan fingerprint density at radius 2 is 1.71 bits per heavy atom. The Kier molecular flexibility index (Phi) is 6.76. The third-order valence-corrected chi connectivity index (χ3v) is 6.27. The first kappa shape index (κ1) is 26.5. The van der Waals surface area contributed by atoms with Crippen LogP contribution in [0.15, 0.2) is 60.7 Å². The Hall–Kier alpha value is -4.59. The van der Waals surface area contributed by atoms with Crippen molar-refractivity contribution in [1.29, 1.82) is 5.26 Å². The lowest BCUT2D eigenvalue weighted by Crippen LogP contribution is -2.43. The Balaban J connectivity index is 1.72. The van der Waals surface area contributed by atoms with E-state index in [-0.39, 0.29) is 12.2 Å². The zero-order valence-corrected chi connectivity index (χ0v) is 20.6. The molecule has 1 aliphatic rings. The lowest BCUT2D eigenvalue weighted by atomic mass is 10.0. The molecule has 196 valence electrons. The number of imide groups is 1. The first-order valence-corrected chi connectivity index (χ1v) is 11.3. The van der Waals surface area contributed by atoms with Gasteiger partial charge in [0.05, 0.1) is 36.5 Å². The lowest BCUT2D eigenvalue weighted by Gasteiger charge is -2.29. The number of nitriles is 1. The van der Waals surface area contributed by atoms with Crippen molar-refractivity contribution in [3.63, 3.8) is 0 Å². The van der Waals surface area contributed by atoms with Crippen molar-refractivity contribution in [2.24, 2.45) is 0 Å². The Labute approximate surface area is 215 Å². The van der Waals surface area contributed by atoms with Gasteiger partial charge in [-0.1, -0.05) is 0 Å². The predicted octanol–water partition coefficient (Wildman–Crippen LogP) is 6.22. The van der Waals surface area contributed by atoms with Gasteiger partial charge in [-0.05, 0) is 80.1 Å². The largest absolute Gasteiger partial charge is 0.497 e. The Morgan fingerprint density at radius 3 is 2.32 bits per heavy atom. The molecule has 1 heterocycles. The number of carbonyl (C=O) groups excluding carboxylic acids is 2. The second kappa shape index (κ2) is 9.70. The molecule has 0 saturated carbocycles. The summed E-state index contributed by atoms with van der Waals surface area (Å²) < 4.78 is 59.3. The van der Waals surface area contributed by atoms with E-state index in [9.17, 15) is 27.2 Å². The zero-order valence-electron chi connectivity index (χ0n) is 20.6. The minimum absolute atomic E-state index is 0.1000. The second-order valence-electron chi connectivity index (χ2n) is 9.06. The summed E-state index contributed by atoms with van der Waals surface area (Å²) in [5.74, 6) is -0.666. The van der Waals surface area contributed by atoms with Crippen molar-refractivity contribution >= 4 is 29.0 Å². The van der Waals surface area contributed by atoms with Crippen LogP contribution >= 0.6 is 0 Å². The van der Waals surface area contributed by atoms with E-state index in [0.29, 0.717) is 33.7 Å². The smallest absolute Gasteiger partial charge is 0.417 e. The van der Waals surface area contributed by atoms with E-state index >= 15 is 0 Å². The number of nitrogens with one attached hydrogen (secondary N) is 1. The maximum absolute atomic E-state index is 13.5. The van der Waals surface area contributed by atoms with Gasteiger partial charge in [-0.25, -0.2) is 14.1 Å². The third kappa shape index (κ3) is 4.85. The second-order valence-corrected chi connectivity index (χ2v) is 9.06. The SMILES string of the molecule is COc1ccc(Nc2ccc(F)cc2)c(CN2C(=O)N(c3ccc(C#N)c(C(F)(F)F)c3)C(=O)C2(C)C)c1. The van der Waals surface area contributed by atoms with Gasteiger partial charge in [-0.15, -0.1) is 0 Å². The van der Waals surface area contributed by atoms with E-state index in [2.05, 4.69) is 5.32 Å². The summed E-state index contributed by atoms with van der Waals surface area (Å²) in [5, 5.41) is 12.2. The van der Waals surface area contributed by atoms with E-state index in [4.69, 9.17) is 10.00 Å². The summed E-state index contributed by atoms with van der Waals surface area (Å²) in [4.78, 5) is 28.8. The van der Waals surface area contributed by atoms with Crippen LogP contribution in [-0.4, -0.2) is 29.5 Å². The molecule has 3 aromatic carbocycles. The van der Waals surface area contributed by atoms with Gasteiger partial charge in [0, 0.05) is 11.4 Å². The molecule has 0 spiro atoms. The highest BCUT2D eigenvalue weighted by Crippen LogP contribution is 2.39. The zero-order chi connectivity index (χ0) is 27.8. The molecule has 0 aliphatic carbocycles. The molecule has 3 aromatic rings. The summed E-state index contributed by atoms with van der Waals surface area (Å²) in [6.07, 6.45) is -4.86. The predicted molar refractivity (Wildman–Crippen MR) is 131 cm³/mol. The third-order valence-electron chi connectivity index (χ3n) is 6.27. The van der Waals surface area contributed by atoms with Gasteiger partial charge in [0.25, 0.3) is 5.91 Å². The van der Waals surface area contributed by atoms with Crippen LogP contribution in [0.2, 0.25) is 0 Å². The number of halogens is 4. The van der Waals surface area contributed by atoms with Crippen molar-refractivity contribution in [3.8, 4) is 11.8 Å². The molecule has 1 aliphatic heterocycles. The van der Waals surface area contributed by atoms with Crippen molar-refractivity contribution < 1.29 is 31.9 Å². The molecule has 0 radical (unpaired) electrons. The van der Waals surface area contributed by atoms with Crippen molar-refractivity contribution in [3.05, 3.63) is 83.2 Å². The fraction of sp³-hybridized carbons (Fsp3) is 0.222. The number of carbonyl (C=O) groups is 2. The maximum atomic E-state index is 13.5. The number of nitrogens with zero attached hydrogens (tertiary/aromatic N) is 3. The average molecular weight is 526 g/mol. The molecular weight excluding hydrogens is 504 g/mol. The number of methoxy groups -OCH3 is 1. The van der Waals surface area contributed by atoms with E-state index in [0.717, 1.165) is 12.1 Å². The number of benzene rings is 3. The van der Waals surface area contributed by atoms with Crippen LogP contribution in [0.4, 0.5) is 39.4 Å². The number of rotatable bonds is 6. The minimum Gasteiger partial charge on any atom is -0.497 e. The molecule has 1 fully saturated rings. The number of urea groups is 1. The molecule has 1 N–H and O–H groups in total. The van der Waals surface area contributed by atoms with Gasteiger partial charge >= 0.3 is 12.2 Å². The molecular formula is C27H22F4N4O3. The number of hydrogen-bond acceptors (Lipinski definition) is 5. The first-order valence-electron chi connectivity index (χ1n) is 11.3. The molecule has 0 unspecified atom stereocenters. The fourth-order valence-corrected chi connectivity index (χ4v) is 4.14. The highest BCUT2D eigenvalue weighted by Gasteiger charge is 2.52. The highest BCUT2D eigenvalue weighted by atomic mass is 19.4. The van der Waals surface area contributed by atoms with Gasteiger partial charge in [0.15, 0.2) is 0 Å². The number of amides is 3. The van der Waals surface area contributed by atoms with Gasteiger partial charge in [-0.2, -0.15) is 18.4 Å². The van der Waals surface area contributed by atoms with Gasteiger partial charge in [-0.3, -0.25) is 4.79 Å². The number of ether oxygens (including phenoxy) is 1. The van der Waals surface area contributed by atoms with Crippen LogP contribution < -0.4 is 15.0 Å². The van der Waals surface area contributed by atoms with Gasteiger partial charge in [0.1, 0.15) is 17.1 Å². The molecule has 4 rings (SSSR count). The van der Waals surface area contributed by atoms with Crippen LogP contribution in [0.1, 0.15) is 30.5 Å². The van der Waals surface area contributed by atoms with Crippen LogP contribution in [-0.2, 0) is 17.5 Å². The Morgan fingerprint density at radius 1 is 1.03 bits per heavy atom. The normalized spacial score (nSPS) is 15.0. The molecule has 0 bridgehead atoms. The minimum atomic E-state index is -4.86. The summed E-state index contributed by atoms with van der Waals surface area (Å²) in [6, 6.07) is 14.0. The highest BCUT2D eigenvalue weighted by molar-refractivity contribution is 6.23. The van der Waals surface area contributed by atoms with Crippen molar-refractivity contribution in [1.82, 2.24) is 4.90 Å². The van der Waals surface area contributed by atoms with E-state index in [1.807, 2.05) is 0 Å². The fourth-order valence-electron chi connectivity index (χ4n) is 4.14. The van der Waals surface area contributed by atoms with E-state index < -0.39 is 40.6 Å². The number of alkyl halides is 3. The molecule has 0 aromatic heterocycles. The number of hydrogen-bond donors (Lipinski definition) is 1. The summed E-state index contributed by atoms with van der Waals surface area (Å²) in [7, 11) is 1.46. The van der Waals surface area contributed by atoms with E-state index in [1.165, 1.54) is 56.2 Å². The molecule has 1 saturated heterocycles. The lowest BCUT2D eigenvalue weighted by molar-refractivity contribution is -0.137. The van der Waals surface area contributed by atoms with E-state index in [1.54, 1.807) is 18.2 Å². The molecule has 3 amide bonds.